The molecule has 0 aliphatic heterocycles. The number of rotatable bonds is 4. The Morgan fingerprint density at radius 1 is 1.26 bits per heavy atom. The maximum atomic E-state index is 4.32. The third-order valence-corrected chi connectivity index (χ3v) is 2.94. The number of anilines is 1. The van der Waals surface area contributed by atoms with Crippen LogP contribution in [0, 0.1) is 0 Å². The third-order valence-electron chi connectivity index (χ3n) is 2.94. The van der Waals surface area contributed by atoms with Crippen LogP contribution in [0.25, 0.3) is 11.4 Å². The first-order valence-electron chi connectivity index (χ1n) is 6.00. The number of hydrogen-bond acceptors (Lipinski definition) is 4. The molecule has 0 amide bonds. The molecule has 0 radical (unpaired) electrons. The molecule has 0 aromatic carbocycles. The summed E-state index contributed by atoms with van der Waals surface area (Å²) in [7, 11) is 1.92. The second kappa shape index (κ2) is 4.93. The molecule has 0 saturated carbocycles. The average Bonchev–Trinajstić information content (AvgIpc) is 3.06. The number of aromatic nitrogens is 5. The van der Waals surface area contributed by atoms with E-state index in [4.69, 9.17) is 0 Å². The van der Waals surface area contributed by atoms with E-state index in [1.54, 1.807) is 18.6 Å². The average molecular weight is 254 g/mol. The van der Waals surface area contributed by atoms with Gasteiger partial charge in [-0.2, -0.15) is 10.2 Å². The second-order valence-electron chi connectivity index (χ2n) is 4.17. The summed E-state index contributed by atoms with van der Waals surface area (Å²) in [6.07, 6.45) is 5.31. The molecule has 96 valence electrons. The van der Waals surface area contributed by atoms with Crippen LogP contribution in [0.15, 0.2) is 42.9 Å². The highest BCUT2D eigenvalue weighted by atomic mass is 15.3. The van der Waals surface area contributed by atoms with Crippen molar-refractivity contribution in [3.8, 4) is 11.4 Å². The molecule has 3 aromatic rings. The van der Waals surface area contributed by atoms with Gasteiger partial charge in [-0.15, -0.1) is 0 Å². The van der Waals surface area contributed by atoms with Crippen LogP contribution >= 0.6 is 0 Å². The molecule has 6 nitrogen and oxygen atoms in total. The Hall–Kier alpha value is -2.63. The zero-order valence-electron chi connectivity index (χ0n) is 10.5. The van der Waals surface area contributed by atoms with Gasteiger partial charge < -0.3 is 5.32 Å². The molecule has 0 fully saturated rings. The van der Waals surface area contributed by atoms with Crippen LogP contribution in [0.2, 0.25) is 0 Å². The second-order valence-corrected chi connectivity index (χ2v) is 4.17. The van der Waals surface area contributed by atoms with Crippen molar-refractivity contribution in [2.24, 2.45) is 7.05 Å². The fraction of sp³-hybridized carbons (Fsp3) is 0.154. The molecule has 3 rings (SSSR count). The highest BCUT2D eigenvalue weighted by Gasteiger charge is 2.08. The SMILES string of the molecule is Cn1nccc1CNc1cn[nH]c1-c1ccccn1. The predicted octanol–water partition coefficient (Wildman–Crippen LogP) is 1.82. The van der Waals surface area contributed by atoms with Crippen LogP contribution in [0.1, 0.15) is 5.69 Å². The van der Waals surface area contributed by atoms with E-state index in [9.17, 15) is 0 Å². The van der Waals surface area contributed by atoms with E-state index in [0.29, 0.717) is 6.54 Å². The van der Waals surface area contributed by atoms with Crippen molar-refractivity contribution in [1.29, 1.82) is 0 Å². The Labute approximate surface area is 110 Å². The van der Waals surface area contributed by atoms with Gasteiger partial charge in [0.25, 0.3) is 0 Å². The van der Waals surface area contributed by atoms with Gasteiger partial charge in [0.2, 0.25) is 0 Å². The summed E-state index contributed by atoms with van der Waals surface area (Å²) in [6, 6.07) is 7.77. The van der Waals surface area contributed by atoms with Crippen molar-refractivity contribution in [2.75, 3.05) is 5.32 Å². The normalized spacial score (nSPS) is 10.6. The molecule has 0 unspecified atom stereocenters. The van der Waals surface area contributed by atoms with Gasteiger partial charge in [0.15, 0.2) is 0 Å². The topological polar surface area (TPSA) is 71.4 Å². The van der Waals surface area contributed by atoms with E-state index in [1.807, 2.05) is 36.0 Å². The van der Waals surface area contributed by atoms with Crippen LogP contribution in [0.3, 0.4) is 0 Å². The first-order valence-corrected chi connectivity index (χ1v) is 6.00. The van der Waals surface area contributed by atoms with Gasteiger partial charge in [0, 0.05) is 19.4 Å². The number of hydrogen-bond donors (Lipinski definition) is 2. The fourth-order valence-corrected chi connectivity index (χ4v) is 1.89. The van der Waals surface area contributed by atoms with E-state index >= 15 is 0 Å². The highest BCUT2D eigenvalue weighted by molar-refractivity contribution is 5.70. The lowest BCUT2D eigenvalue weighted by Gasteiger charge is -2.06. The van der Waals surface area contributed by atoms with Gasteiger partial charge in [0.1, 0.15) is 5.69 Å². The minimum atomic E-state index is 0.690. The summed E-state index contributed by atoms with van der Waals surface area (Å²) in [5.41, 5.74) is 3.79. The first kappa shape index (κ1) is 11.5. The largest absolute Gasteiger partial charge is 0.376 e. The molecule has 2 N–H and O–H groups in total. The lowest BCUT2D eigenvalue weighted by Crippen LogP contribution is -2.05. The van der Waals surface area contributed by atoms with Crippen LogP contribution in [0.5, 0.6) is 0 Å². The van der Waals surface area contributed by atoms with Crippen molar-refractivity contribution in [3.05, 3.63) is 48.5 Å². The Balaban J connectivity index is 1.80. The van der Waals surface area contributed by atoms with Crippen molar-refractivity contribution in [1.82, 2.24) is 25.0 Å². The number of aromatic amines is 1. The third kappa shape index (κ3) is 2.33. The summed E-state index contributed by atoms with van der Waals surface area (Å²) < 4.78 is 1.84. The predicted molar refractivity (Wildman–Crippen MR) is 72.4 cm³/mol. The summed E-state index contributed by atoms with van der Waals surface area (Å²) in [4.78, 5) is 4.32. The van der Waals surface area contributed by atoms with Gasteiger partial charge in [-0.3, -0.25) is 14.8 Å². The zero-order chi connectivity index (χ0) is 13.1. The molecule has 0 atom stereocenters. The van der Waals surface area contributed by atoms with Gasteiger partial charge in [0.05, 0.1) is 29.8 Å². The lowest BCUT2D eigenvalue weighted by atomic mass is 10.2. The molecule has 3 heterocycles. The molecule has 0 aliphatic rings. The minimum absolute atomic E-state index is 0.690. The first-order chi connectivity index (χ1) is 9.34. The summed E-state index contributed by atoms with van der Waals surface area (Å²) in [5, 5.41) is 14.5. The highest BCUT2D eigenvalue weighted by Crippen LogP contribution is 2.23. The molecule has 0 aliphatic carbocycles. The Morgan fingerprint density at radius 3 is 2.95 bits per heavy atom. The monoisotopic (exact) mass is 254 g/mol. The van der Waals surface area contributed by atoms with Gasteiger partial charge >= 0.3 is 0 Å². The summed E-state index contributed by atoms with van der Waals surface area (Å²) in [6.45, 7) is 0.690. The Morgan fingerprint density at radius 2 is 2.21 bits per heavy atom. The van der Waals surface area contributed by atoms with Crippen molar-refractivity contribution < 1.29 is 0 Å². The molecular formula is C13H14N6. The molecule has 6 heteroatoms. The molecule has 19 heavy (non-hydrogen) atoms. The van der Waals surface area contributed by atoms with Crippen LogP contribution < -0.4 is 5.32 Å². The summed E-state index contributed by atoms with van der Waals surface area (Å²) >= 11 is 0. The lowest BCUT2D eigenvalue weighted by molar-refractivity contribution is 0.720. The van der Waals surface area contributed by atoms with Gasteiger partial charge in [-0.05, 0) is 18.2 Å². The van der Waals surface area contributed by atoms with Crippen LogP contribution in [-0.4, -0.2) is 25.0 Å². The van der Waals surface area contributed by atoms with Crippen molar-refractivity contribution in [2.45, 2.75) is 6.54 Å². The van der Waals surface area contributed by atoms with E-state index in [-0.39, 0.29) is 0 Å². The standard InChI is InChI=1S/C13H14N6/c1-19-10(5-7-17-19)8-15-12-9-16-18-13(12)11-4-2-3-6-14-11/h2-7,9,15H,8H2,1H3,(H,16,18). The van der Waals surface area contributed by atoms with Crippen LogP contribution in [0.4, 0.5) is 5.69 Å². The van der Waals surface area contributed by atoms with E-state index in [2.05, 4.69) is 25.6 Å². The zero-order valence-corrected chi connectivity index (χ0v) is 10.5. The van der Waals surface area contributed by atoms with Gasteiger partial charge in [-0.25, -0.2) is 0 Å². The number of nitrogens with one attached hydrogen (secondary N) is 2. The minimum Gasteiger partial charge on any atom is -0.376 e. The molecule has 0 saturated heterocycles. The maximum absolute atomic E-state index is 4.32. The number of nitrogens with zero attached hydrogens (tertiary/aromatic N) is 4. The number of H-pyrrole nitrogens is 1. The number of pyridine rings is 1. The fourth-order valence-electron chi connectivity index (χ4n) is 1.89. The Bertz CT molecular complexity index is 655. The molecule has 0 bridgehead atoms. The van der Waals surface area contributed by atoms with E-state index < -0.39 is 0 Å². The number of aryl methyl sites for hydroxylation is 1. The van der Waals surface area contributed by atoms with E-state index in [0.717, 1.165) is 22.8 Å². The molecular weight excluding hydrogens is 240 g/mol. The van der Waals surface area contributed by atoms with Gasteiger partial charge in [-0.1, -0.05) is 6.07 Å². The van der Waals surface area contributed by atoms with Crippen LogP contribution in [-0.2, 0) is 13.6 Å². The molecule has 0 spiro atoms. The molecule has 3 aromatic heterocycles. The van der Waals surface area contributed by atoms with Crippen molar-refractivity contribution >= 4 is 5.69 Å². The smallest absolute Gasteiger partial charge is 0.107 e. The maximum Gasteiger partial charge on any atom is 0.107 e. The van der Waals surface area contributed by atoms with Crippen molar-refractivity contribution in [3.63, 3.8) is 0 Å². The quantitative estimate of drug-likeness (QED) is 0.745. The summed E-state index contributed by atoms with van der Waals surface area (Å²) in [5.74, 6) is 0. The Kier molecular flexibility index (Phi) is 2.97. The van der Waals surface area contributed by atoms with E-state index in [1.165, 1.54) is 0 Å².